The van der Waals surface area contributed by atoms with E-state index in [0.717, 1.165) is 12.1 Å². The molecular formula is C13H19F3N2O. The van der Waals surface area contributed by atoms with Crippen LogP contribution in [-0.2, 0) is 0 Å². The van der Waals surface area contributed by atoms with Crippen molar-refractivity contribution in [2.24, 2.45) is 0 Å². The highest BCUT2D eigenvalue weighted by Crippen LogP contribution is 2.22. The molecule has 0 spiro atoms. The van der Waals surface area contributed by atoms with Crippen molar-refractivity contribution in [3.63, 3.8) is 0 Å². The maximum atomic E-state index is 12.0. The summed E-state index contributed by atoms with van der Waals surface area (Å²) in [4.78, 5) is 3.98. The van der Waals surface area contributed by atoms with E-state index < -0.39 is 12.6 Å². The lowest BCUT2D eigenvalue weighted by Gasteiger charge is -2.13. The number of aromatic nitrogens is 1. The quantitative estimate of drug-likeness (QED) is 0.774. The number of alkyl halides is 3. The fourth-order valence-electron chi connectivity index (χ4n) is 1.65. The number of ether oxygens (including phenoxy) is 1. The summed E-state index contributed by atoms with van der Waals surface area (Å²) in [6.45, 7) is 4.87. The number of rotatable bonds is 7. The standard InChI is InChI=1S/C13H19F3N2O/c1-3-17-10(2)11-5-7-18-12(9-11)19-8-4-6-13(14,15)16/h5,7,9-10,17H,3-4,6,8H2,1-2H3. The van der Waals surface area contributed by atoms with Crippen molar-refractivity contribution in [1.82, 2.24) is 10.3 Å². The van der Waals surface area contributed by atoms with Gasteiger partial charge >= 0.3 is 6.18 Å². The summed E-state index contributed by atoms with van der Waals surface area (Å²) in [6, 6.07) is 3.77. The van der Waals surface area contributed by atoms with Gasteiger partial charge in [-0.05, 0) is 31.5 Å². The fourth-order valence-corrected chi connectivity index (χ4v) is 1.65. The van der Waals surface area contributed by atoms with Crippen LogP contribution in [0.3, 0.4) is 0 Å². The molecule has 0 saturated carbocycles. The Labute approximate surface area is 111 Å². The molecular weight excluding hydrogens is 257 g/mol. The molecule has 0 fully saturated rings. The first-order valence-electron chi connectivity index (χ1n) is 6.31. The van der Waals surface area contributed by atoms with Gasteiger partial charge in [-0.3, -0.25) is 0 Å². The van der Waals surface area contributed by atoms with E-state index in [1.54, 1.807) is 12.3 Å². The Hall–Kier alpha value is -1.30. The van der Waals surface area contributed by atoms with Crippen LogP contribution in [-0.4, -0.2) is 24.3 Å². The second kappa shape index (κ2) is 7.33. The van der Waals surface area contributed by atoms with Crippen molar-refractivity contribution in [3.8, 4) is 5.88 Å². The van der Waals surface area contributed by atoms with Crippen LogP contribution < -0.4 is 10.1 Å². The van der Waals surface area contributed by atoms with Crippen LogP contribution in [0, 0.1) is 0 Å². The molecule has 1 unspecified atom stereocenters. The maximum Gasteiger partial charge on any atom is 0.389 e. The molecule has 1 heterocycles. The molecule has 0 bridgehead atoms. The van der Waals surface area contributed by atoms with Crippen LogP contribution in [0.1, 0.15) is 38.3 Å². The molecule has 1 aromatic heterocycles. The number of pyridine rings is 1. The molecule has 0 saturated heterocycles. The third-order valence-corrected chi connectivity index (χ3v) is 2.62. The highest BCUT2D eigenvalue weighted by atomic mass is 19.4. The lowest BCUT2D eigenvalue weighted by molar-refractivity contribution is -0.136. The van der Waals surface area contributed by atoms with E-state index in [-0.39, 0.29) is 19.1 Å². The number of halogens is 3. The molecule has 3 nitrogen and oxygen atoms in total. The van der Waals surface area contributed by atoms with Gasteiger partial charge in [0.2, 0.25) is 5.88 Å². The zero-order valence-corrected chi connectivity index (χ0v) is 11.1. The van der Waals surface area contributed by atoms with Gasteiger partial charge in [0.1, 0.15) is 0 Å². The number of hydrogen-bond acceptors (Lipinski definition) is 3. The van der Waals surface area contributed by atoms with Gasteiger partial charge in [-0.15, -0.1) is 0 Å². The molecule has 0 aliphatic rings. The Morgan fingerprint density at radius 2 is 2.16 bits per heavy atom. The Morgan fingerprint density at radius 3 is 2.79 bits per heavy atom. The number of nitrogens with zero attached hydrogens (tertiary/aromatic N) is 1. The van der Waals surface area contributed by atoms with Crippen molar-refractivity contribution in [1.29, 1.82) is 0 Å². The molecule has 1 atom stereocenters. The SMILES string of the molecule is CCNC(C)c1ccnc(OCCCC(F)(F)F)c1. The summed E-state index contributed by atoms with van der Waals surface area (Å²) in [7, 11) is 0. The number of hydrogen-bond donors (Lipinski definition) is 1. The Balaban J connectivity index is 2.44. The maximum absolute atomic E-state index is 12.0. The van der Waals surface area contributed by atoms with Gasteiger partial charge in [0.05, 0.1) is 6.61 Å². The Kier molecular flexibility index (Phi) is 6.08. The zero-order valence-electron chi connectivity index (χ0n) is 11.1. The van der Waals surface area contributed by atoms with E-state index >= 15 is 0 Å². The monoisotopic (exact) mass is 276 g/mol. The normalized spacial score (nSPS) is 13.3. The van der Waals surface area contributed by atoms with Crippen LogP contribution in [0.15, 0.2) is 18.3 Å². The molecule has 0 aromatic carbocycles. The minimum absolute atomic E-state index is 0.0194. The Bertz CT molecular complexity index is 382. The first-order valence-corrected chi connectivity index (χ1v) is 6.31. The van der Waals surface area contributed by atoms with Crippen molar-refractivity contribution >= 4 is 0 Å². The van der Waals surface area contributed by atoms with Gasteiger partial charge in [-0.1, -0.05) is 6.92 Å². The highest BCUT2D eigenvalue weighted by molar-refractivity contribution is 5.23. The third kappa shape index (κ3) is 6.42. The summed E-state index contributed by atoms with van der Waals surface area (Å²) in [5.74, 6) is 0.365. The summed E-state index contributed by atoms with van der Waals surface area (Å²) in [5, 5.41) is 3.24. The fraction of sp³-hybridized carbons (Fsp3) is 0.615. The first kappa shape index (κ1) is 15.8. The molecule has 1 rings (SSSR count). The van der Waals surface area contributed by atoms with E-state index in [4.69, 9.17) is 4.74 Å². The van der Waals surface area contributed by atoms with Gasteiger partial charge in [0, 0.05) is 24.7 Å². The average Bonchev–Trinajstić information content (AvgIpc) is 2.34. The highest BCUT2D eigenvalue weighted by Gasteiger charge is 2.26. The lowest BCUT2D eigenvalue weighted by atomic mass is 10.1. The van der Waals surface area contributed by atoms with Crippen LogP contribution in [0.2, 0.25) is 0 Å². The van der Waals surface area contributed by atoms with Crippen LogP contribution in [0.5, 0.6) is 5.88 Å². The first-order chi connectivity index (χ1) is 8.92. The molecule has 1 N–H and O–H groups in total. The van der Waals surface area contributed by atoms with Crippen molar-refractivity contribution in [2.75, 3.05) is 13.2 Å². The molecule has 6 heteroatoms. The van der Waals surface area contributed by atoms with Crippen molar-refractivity contribution in [2.45, 2.75) is 38.9 Å². The summed E-state index contributed by atoms with van der Waals surface area (Å²) >= 11 is 0. The van der Waals surface area contributed by atoms with E-state index in [1.807, 2.05) is 19.9 Å². The molecule has 0 aliphatic heterocycles. The number of nitrogens with one attached hydrogen (secondary N) is 1. The molecule has 19 heavy (non-hydrogen) atoms. The summed E-state index contributed by atoms with van der Waals surface area (Å²) in [5.41, 5.74) is 1.00. The van der Waals surface area contributed by atoms with E-state index in [9.17, 15) is 13.2 Å². The largest absolute Gasteiger partial charge is 0.478 e. The molecule has 1 aromatic rings. The van der Waals surface area contributed by atoms with Crippen LogP contribution >= 0.6 is 0 Å². The molecule has 108 valence electrons. The van der Waals surface area contributed by atoms with E-state index in [2.05, 4.69) is 10.3 Å². The second-order valence-corrected chi connectivity index (χ2v) is 4.27. The summed E-state index contributed by atoms with van der Waals surface area (Å²) < 4.78 is 41.1. The minimum atomic E-state index is -4.13. The van der Waals surface area contributed by atoms with Gasteiger partial charge in [-0.2, -0.15) is 13.2 Å². The van der Waals surface area contributed by atoms with Crippen LogP contribution in [0.4, 0.5) is 13.2 Å². The zero-order chi connectivity index (χ0) is 14.3. The smallest absolute Gasteiger partial charge is 0.389 e. The molecule has 0 amide bonds. The van der Waals surface area contributed by atoms with Crippen molar-refractivity contribution in [3.05, 3.63) is 23.9 Å². The third-order valence-electron chi connectivity index (χ3n) is 2.62. The van der Waals surface area contributed by atoms with Crippen molar-refractivity contribution < 1.29 is 17.9 Å². The predicted octanol–water partition coefficient (Wildman–Crippen LogP) is 3.47. The van der Waals surface area contributed by atoms with Gasteiger partial charge in [-0.25, -0.2) is 4.98 Å². The average molecular weight is 276 g/mol. The predicted molar refractivity (Wildman–Crippen MR) is 67.1 cm³/mol. The van der Waals surface area contributed by atoms with Gasteiger partial charge in [0.15, 0.2) is 0 Å². The van der Waals surface area contributed by atoms with E-state index in [0.29, 0.717) is 5.88 Å². The van der Waals surface area contributed by atoms with Gasteiger partial charge in [0.25, 0.3) is 0 Å². The van der Waals surface area contributed by atoms with Crippen LogP contribution in [0.25, 0.3) is 0 Å². The molecule has 0 aliphatic carbocycles. The van der Waals surface area contributed by atoms with Gasteiger partial charge < -0.3 is 10.1 Å². The summed E-state index contributed by atoms with van der Waals surface area (Å²) in [6.07, 6.45) is -3.42. The lowest BCUT2D eigenvalue weighted by Crippen LogP contribution is -2.17. The van der Waals surface area contributed by atoms with E-state index in [1.165, 1.54) is 0 Å². The second-order valence-electron chi connectivity index (χ2n) is 4.27. The minimum Gasteiger partial charge on any atom is -0.478 e. The molecule has 0 radical (unpaired) electrons. The Morgan fingerprint density at radius 1 is 1.42 bits per heavy atom. The topological polar surface area (TPSA) is 34.2 Å².